The highest BCUT2D eigenvalue weighted by Gasteiger charge is 2.16. The lowest BCUT2D eigenvalue weighted by Crippen LogP contribution is -2.15. The summed E-state index contributed by atoms with van der Waals surface area (Å²) in [6.45, 7) is 4.90. The van der Waals surface area contributed by atoms with Crippen molar-refractivity contribution in [3.63, 3.8) is 0 Å². The van der Waals surface area contributed by atoms with Crippen LogP contribution < -0.4 is 10.1 Å². The first kappa shape index (κ1) is 26.0. The average molecular weight is 545 g/mol. The second-order valence-electron chi connectivity index (χ2n) is 7.68. The lowest BCUT2D eigenvalue weighted by Gasteiger charge is -2.10. The molecule has 11 heteroatoms. The van der Waals surface area contributed by atoms with Crippen molar-refractivity contribution >= 4 is 62.7 Å². The molecule has 2 heterocycles. The predicted octanol–water partition coefficient (Wildman–Crippen LogP) is 5.37. The number of nitrogens with one attached hydrogen (secondary N) is 1. The molecule has 0 unspecified atom stereocenters. The van der Waals surface area contributed by atoms with Gasteiger partial charge in [0.25, 0.3) is 0 Å². The molecule has 36 heavy (non-hydrogen) atoms. The van der Waals surface area contributed by atoms with Gasteiger partial charge in [-0.3, -0.25) is 9.59 Å². The van der Waals surface area contributed by atoms with E-state index in [9.17, 15) is 9.59 Å². The molecule has 2 aromatic heterocycles. The number of hydrogen-bond donors (Lipinski definition) is 1. The number of thiazole rings is 1. The molecule has 0 atom stereocenters. The van der Waals surface area contributed by atoms with Gasteiger partial charge in [0.15, 0.2) is 10.3 Å². The second-order valence-corrected chi connectivity index (χ2v) is 10.1. The van der Waals surface area contributed by atoms with Crippen LogP contribution in [-0.2, 0) is 27.3 Å². The standard InChI is InChI=1S/C25H25ClN4O4S2/c1-3-33-23(32)14-21-16(2)27-24(36-21)29-22(31)15-35-25-28-19-6-4-5-7-20(19)30(25)12-13-34-18-10-8-17(26)9-11-18/h4-11H,3,12-15H2,1-2H3,(H,27,29,31). The van der Waals surface area contributed by atoms with E-state index in [1.54, 1.807) is 19.1 Å². The van der Waals surface area contributed by atoms with Gasteiger partial charge in [-0.25, -0.2) is 9.97 Å². The maximum Gasteiger partial charge on any atom is 0.311 e. The number of anilines is 1. The van der Waals surface area contributed by atoms with Gasteiger partial charge in [-0.15, -0.1) is 11.3 Å². The van der Waals surface area contributed by atoms with Crippen molar-refractivity contribution in [1.29, 1.82) is 0 Å². The van der Waals surface area contributed by atoms with Crippen LogP contribution in [0.4, 0.5) is 5.13 Å². The minimum atomic E-state index is -0.309. The Morgan fingerprint density at radius 2 is 1.92 bits per heavy atom. The normalized spacial score (nSPS) is 11.0. The number of aryl methyl sites for hydroxylation is 1. The molecule has 2 aromatic carbocycles. The summed E-state index contributed by atoms with van der Waals surface area (Å²) in [4.78, 5) is 34.3. The fourth-order valence-corrected chi connectivity index (χ4v) is 5.37. The molecule has 0 saturated heterocycles. The van der Waals surface area contributed by atoms with E-state index in [1.165, 1.54) is 23.1 Å². The molecule has 4 aromatic rings. The van der Waals surface area contributed by atoms with Crippen LogP contribution in [0.5, 0.6) is 5.75 Å². The van der Waals surface area contributed by atoms with Gasteiger partial charge in [-0.2, -0.15) is 0 Å². The highest BCUT2D eigenvalue weighted by molar-refractivity contribution is 7.99. The topological polar surface area (TPSA) is 95.3 Å². The van der Waals surface area contributed by atoms with Gasteiger partial charge in [0.1, 0.15) is 12.4 Å². The fourth-order valence-electron chi connectivity index (χ4n) is 3.44. The molecule has 188 valence electrons. The summed E-state index contributed by atoms with van der Waals surface area (Å²) in [6.07, 6.45) is 0.143. The van der Waals surface area contributed by atoms with Gasteiger partial charge in [0.05, 0.1) is 42.1 Å². The number of rotatable bonds is 11. The quantitative estimate of drug-likeness (QED) is 0.200. The number of fused-ring (bicyclic) bond motifs is 1. The first-order chi connectivity index (χ1) is 17.4. The molecule has 1 amide bonds. The SMILES string of the molecule is CCOC(=O)Cc1sc(NC(=O)CSc2nc3ccccc3n2CCOc2ccc(Cl)cc2)nc1C. The average Bonchev–Trinajstić information content (AvgIpc) is 3.38. The molecule has 0 aliphatic heterocycles. The Balaban J connectivity index is 1.38. The van der Waals surface area contributed by atoms with Crippen LogP contribution in [0.15, 0.2) is 53.7 Å². The summed E-state index contributed by atoms with van der Waals surface area (Å²) < 4.78 is 12.9. The highest BCUT2D eigenvalue weighted by Crippen LogP contribution is 2.26. The van der Waals surface area contributed by atoms with Crippen molar-refractivity contribution < 1.29 is 19.1 Å². The van der Waals surface area contributed by atoms with Crippen molar-refractivity contribution in [3.8, 4) is 5.75 Å². The Kier molecular flexibility index (Phi) is 8.84. The first-order valence-electron chi connectivity index (χ1n) is 11.3. The third-order valence-electron chi connectivity index (χ3n) is 5.10. The number of aromatic nitrogens is 3. The molecule has 0 fully saturated rings. The molecule has 8 nitrogen and oxygen atoms in total. The van der Waals surface area contributed by atoms with Gasteiger partial charge in [0.2, 0.25) is 5.91 Å². The number of amides is 1. The summed E-state index contributed by atoms with van der Waals surface area (Å²) in [5.74, 6) is 0.385. The van der Waals surface area contributed by atoms with E-state index in [4.69, 9.17) is 26.1 Å². The third-order valence-corrected chi connectivity index (χ3v) is 7.40. The number of carbonyl (C=O) groups excluding carboxylic acids is 2. The zero-order valence-electron chi connectivity index (χ0n) is 19.8. The largest absolute Gasteiger partial charge is 0.492 e. The molecule has 4 rings (SSSR count). The summed E-state index contributed by atoms with van der Waals surface area (Å²) >= 11 is 8.57. The zero-order chi connectivity index (χ0) is 25.5. The summed E-state index contributed by atoms with van der Waals surface area (Å²) in [6, 6.07) is 15.1. The first-order valence-corrected chi connectivity index (χ1v) is 13.5. The van der Waals surface area contributed by atoms with Crippen LogP contribution in [0.3, 0.4) is 0 Å². The number of benzene rings is 2. The van der Waals surface area contributed by atoms with E-state index >= 15 is 0 Å². The van der Waals surface area contributed by atoms with Crippen LogP contribution >= 0.6 is 34.7 Å². The minimum Gasteiger partial charge on any atom is -0.492 e. The number of esters is 1. The van der Waals surface area contributed by atoms with Crippen LogP contribution in [0, 0.1) is 6.92 Å². The van der Waals surface area contributed by atoms with Gasteiger partial charge in [-0.1, -0.05) is 35.5 Å². The number of hydrogen-bond acceptors (Lipinski definition) is 8. The maximum absolute atomic E-state index is 12.7. The number of thioether (sulfide) groups is 1. The predicted molar refractivity (Wildman–Crippen MR) is 143 cm³/mol. The Hall–Kier alpha value is -3.08. The highest BCUT2D eigenvalue weighted by atomic mass is 35.5. The second kappa shape index (κ2) is 12.2. The van der Waals surface area contributed by atoms with Gasteiger partial charge < -0.3 is 19.4 Å². The van der Waals surface area contributed by atoms with Crippen LogP contribution in [0.2, 0.25) is 5.02 Å². The van der Waals surface area contributed by atoms with Crippen molar-refractivity contribution in [2.24, 2.45) is 0 Å². The van der Waals surface area contributed by atoms with Crippen molar-refractivity contribution in [1.82, 2.24) is 14.5 Å². The summed E-state index contributed by atoms with van der Waals surface area (Å²) in [5, 5.41) is 4.67. The van der Waals surface area contributed by atoms with Crippen LogP contribution in [0.1, 0.15) is 17.5 Å². The minimum absolute atomic E-state index is 0.143. The van der Waals surface area contributed by atoms with Crippen molar-refractivity contribution in [2.75, 3.05) is 24.3 Å². The number of imidazole rings is 1. The molecule has 0 radical (unpaired) electrons. The Morgan fingerprint density at radius 3 is 2.69 bits per heavy atom. The third kappa shape index (κ3) is 6.77. The number of ether oxygens (including phenoxy) is 2. The number of halogens is 1. The fraction of sp³-hybridized carbons (Fsp3) is 0.280. The molecular weight excluding hydrogens is 520 g/mol. The number of carbonyl (C=O) groups is 2. The lowest BCUT2D eigenvalue weighted by atomic mass is 10.3. The summed E-state index contributed by atoms with van der Waals surface area (Å²) in [5.41, 5.74) is 2.53. The van der Waals surface area contributed by atoms with E-state index in [0.717, 1.165) is 26.8 Å². The van der Waals surface area contributed by atoms with Crippen molar-refractivity contribution in [2.45, 2.75) is 32.0 Å². The van der Waals surface area contributed by atoms with E-state index in [-0.39, 0.29) is 24.1 Å². The zero-order valence-corrected chi connectivity index (χ0v) is 22.2. The smallest absolute Gasteiger partial charge is 0.311 e. The maximum atomic E-state index is 12.7. The van der Waals surface area contributed by atoms with E-state index < -0.39 is 0 Å². The van der Waals surface area contributed by atoms with Gasteiger partial charge in [-0.05, 0) is 50.2 Å². The molecule has 0 aliphatic carbocycles. The van der Waals surface area contributed by atoms with Gasteiger partial charge >= 0.3 is 5.97 Å². The van der Waals surface area contributed by atoms with Crippen LogP contribution in [-0.4, -0.2) is 45.4 Å². The lowest BCUT2D eigenvalue weighted by molar-refractivity contribution is -0.142. The number of para-hydroxylation sites is 2. The molecule has 1 N–H and O–H groups in total. The number of nitrogens with zero attached hydrogens (tertiary/aromatic N) is 3. The molecule has 0 bridgehead atoms. The Labute approximate surface area is 222 Å². The van der Waals surface area contributed by atoms with Crippen molar-refractivity contribution in [3.05, 3.63) is 64.1 Å². The van der Waals surface area contributed by atoms with E-state index in [2.05, 4.69) is 10.3 Å². The van der Waals surface area contributed by atoms with E-state index in [0.29, 0.717) is 35.6 Å². The Morgan fingerprint density at radius 1 is 1.14 bits per heavy atom. The van der Waals surface area contributed by atoms with Crippen LogP contribution in [0.25, 0.3) is 11.0 Å². The molecule has 0 saturated carbocycles. The molecule has 0 aliphatic rings. The summed E-state index contributed by atoms with van der Waals surface area (Å²) in [7, 11) is 0. The molecule has 0 spiro atoms. The van der Waals surface area contributed by atoms with Gasteiger partial charge in [0, 0.05) is 9.90 Å². The monoisotopic (exact) mass is 544 g/mol. The van der Waals surface area contributed by atoms with E-state index in [1.807, 2.05) is 47.9 Å². The molecular formula is C25H25ClN4O4S2. The Bertz CT molecular complexity index is 1350.